The first kappa shape index (κ1) is 14.5. The Bertz CT molecular complexity index is 532. The number of piperidine rings is 2. The van der Waals surface area contributed by atoms with Gasteiger partial charge in [-0.1, -0.05) is 6.42 Å². The third kappa shape index (κ3) is 2.69. The van der Waals surface area contributed by atoms with Crippen molar-refractivity contribution >= 4 is 5.78 Å². The van der Waals surface area contributed by atoms with Crippen molar-refractivity contribution in [2.75, 3.05) is 14.2 Å². The molecule has 0 spiro atoms. The van der Waals surface area contributed by atoms with Crippen LogP contribution in [-0.2, 0) is 0 Å². The van der Waals surface area contributed by atoms with E-state index in [2.05, 4.69) is 11.9 Å². The van der Waals surface area contributed by atoms with Crippen molar-refractivity contribution in [3.8, 4) is 5.75 Å². The maximum Gasteiger partial charge on any atom is 0.169 e. The van der Waals surface area contributed by atoms with E-state index in [9.17, 15) is 9.18 Å². The number of ether oxygens (including phenoxy) is 1. The molecule has 4 heteroatoms. The van der Waals surface area contributed by atoms with Crippen molar-refractivity contribution in [3.63, 3.8) is 0 Å². The van der Waals surface area contributed by atoms with Gasteiger partial charge in [0.2, 0.25) is 0 Å². The van der Waals surface area contributed by atoms with Crippen molar-refractivity contribution < 1.29 is 13.9 Å². The molecule has 0 radical (unpaired) electrons. The highest BCUT2D eigenvalue weighted by Crippen LogP contribution is 2.38. The molecule has 3 nitrogen and oxygen atoms in total. The maximum absolute atomic E-state index is 13.5. The first-order valence-electron chi connectivity index (χ1n) is 7.70. The second kappa shape index (κ2) is 5.76. The first-order valence-corrected chi connectivity index (χ1v) is 7.70. The Morgan fingerprint density at radius 2 is 1.95 bits per heavy atom. The fourth-order valence-electron chi connectivity index (χ4n) is 3.92. The molecule has 2 aliphatic rings. The van der Waals surface area contributed by atoms with E-state index in [1.54, 1.807) is 6.07 Å². The van der Waals surface area contributed by atoms with Gasteiger partial charge in [-0.25, -0.2) is 4.39 Å². The molecule has 2 aliphatic heterocycles. The van der Waals surface area contributed by atoms with Gasteiger partial charge in [0.25, 0.3) is 0 Å². The van der Waals surface area contributed by atoms with Crippen LogP contribution in [0.1, 0.15) is 42.5 Å². The van der Waals surface area contributed by atoms with Crippen LogP contribution in [0.3, 0.4) is 0 Å². The number of Topliss-reactive ketones (excluding diaryl/α,β-unsaturated/α-hetero) is 1. The Labute approximate surface area is 125 Å². The summed E-state index contributed by atoms with van der Waals surface area (Å²) in [5.74, 6) is 0.126. The van der Waals surface area contributed by atoms with Gasteiger partial charge >= 0.3 is 0 Å². The quantitative estimate of drug-likeness (QED) is 0.800. The zero-order valence-electron chi connectivity index (χ0n) is 12.6. The molecule has 21 heavy (non-hydrogen) atoms. The molecule has 0 amide bonds. The van der Waals surface area contributed by atoms with Crippen LogP contribution in [0.25, 0.3) is 0 Å². The first-order chi connectivity index (χ1) is 10.1. The number of ketones is 1. The summed E-state index contributed by atoms with van der Waals surface area (Å²) in [4.78, 5) is 15.2. The van der Waals surface area contributed by atoms with Crippen LogP contribution in [0, 0.1) is 11.7 Å². The number of halogens is 1. The van der Waals surface area contributed by atoms with E-state index in [-0.39, 0.29) is 17.5 Å². The van der Waals surface area contributed by atoms with Crippen molar-refractivity contribution in [2.45, 2.75) is 44.2 Å². The van der Waals surface area contributed by atoms with Crippen molar-refractivity contribution in [1.82, 2.24) is 4.90 Å². The number of nitrogens with zero attached hydrogens (tertiary/aromatic N) is 1. The standard InChI is InChI=1S/C17H22FNO2/c1-19-13-4-3-5-14(19)9-11(8-13)17(20)15-10-12(18)6-7-16(15)21-2/h6-7,10-11,13-14H,3-5,8-9H2,1-2H3. The van der Waals surface area contributed by atoms with E-state index < -0.39 is 0 Å². The number of fused-ring (bicyclic) bond motifs is 2. The van der Waals surface area contributed by atoms with E-state index in [0.717, 1.165) is 25.7 Å². The zero-order valence-corrected chi connectivity index (χ0v) is 12.6. The molecule has 0 saturated carbocycles. The third-order valence-corrected chi connectivity index (χ3v) is 5.14. The molecule has 3 rings (SSSR count). The molecule has 2 heterocycles. The van der Waals surface area contributed by atoms with Crippen LogP contribution < -0.4 is 4.74 Å². The van der Waals surface area contributed by atoms with Gasteiger partial charge in [0, 0.05) is 18.0 Å². The smallest absolute Gasteiger partial charge is 0.169 e. The molecule has 1 aromatic rings. The second-order valence-electron chi connectivity index (χ2n) is 6.28. The minimum absolute atomic E-state index is 0.00722. The lowest BCUT2D eigenvalue weighted by Crippen LogP contribution is -2.51. The van der Waals surface area contributed by atoms with Gasteiger partial charge in [0.1, 0.15) is 11.6 Å². The average Bonchev–Trinajstić information content (AvgIpc) is 2.46. The molecular weight excluding hydrogens is 269 g/mol. The molecule has 0 N–H and O–H groups in total. The Morgan fingerprint density at radius 3 is 2.57 bits per heavy atom. The number of carbonyl (C=O) groups is 1. The average molecular weight is 291 g/mol. The minimum Gasteiger partial charge on any atom is -0.496 e. The number of rotatable bonds is 3. The Hall–Kier alpha value is -1.42. The van der Waals surface area contributed by atoms with Crippen LogP contribution in [0.4, 0.5) is 4.39 Å². The fourth-order valence-corrected chi connectivity index (χ4v) is 3.92. The van der Waals surface area contributed by atoms with Crippen LogP contribution in [-0.4, -0.2) is 36.9 Å². The summed E-state index contributed by atoms with van der Waals surface area (Å²) in [6.07, 6.45) is 5.34. The van der Waals surface area contributed by atoms with Gasteiger partial charge < -0.3 is 9.64 Å². The van der Waals surface area contributed by atoms with E-state index in [0.29, 0.717) is 23.4 Å². The van der Waals surface area contributed by atoms with Crippen molar-refractivity contribution in [2.24, 2.45) is 5.92 Å². The van der Waals surface area contributed by atoms with Gasteiger partial charge in [0.15, 0.2) is 5.78 Å². The molecule has 2 fully saturated rings. The molecule has 1 aromatic carbocycles. The van der Waals surface area contributed by atoms with E-state index in [1.807, 2.05) is 0 Å². The SMILES string of the molecule is COc1ccc(F)cc1C(=O)C1CC2CCCC(C1)N2C. The summed E-state index contributed by atoms with van der Waals surface area (Å²) in [6.45, 7) is 0. The normalized spacial score (nSPS) is 29.2. The lowest BCUT2D eigenvalue weighted by atomic mass is 9.76. The second-order valence-corrected chi connectivity index (χ2v) is 6.28. The molecule has 2 bridgehead atoms. The fraction of sp³-hybridized carbons (Fsp3) is 0.588. The Morgan fingerprint density at radius 1 is 1.29 bits per heavy atom. The highest BCUT2D eigenvalue weighted by Gasteiger charge is 2.39. The zero-order chi connectivity index (χ0) is 15.0. The Balaban J connectivity index is 1.84. The number of benzene rings is 1. The van der Waals surface area contributed by atoms with E-state index in [1.165, 1.54) is 25.7 Å². The highest BCUT2D eigenvalue weighted by molar-refractivity contribution is 6.00. The monoisotopic (exact) mass is 291 g/mol. The van der Waals surface area contributed by atoms with Gasteiger partial charge in [0.05, 0.1) is 12.7 Å². The summed E-state index contributed by atoms with van der Waals surface area (Å²) in [5.41, 5.74) is 0.394. The molecule has 2 saturated heterocycles. The van der Waals surface area contributed by atoms with Crippen LogP contribution in [0.5, 0.6) is 5.75 Å². The van der Waals surface area contributed by atoms with E-state index in [4.69, 9.17) is 4.74 Å². The summed E-state index contributed by atoms with van der Waals surface area (Å²) < 4.78 is 18.7. The predicted molar refractivity (Wildman–Crippen MR) is 79.2 cm³/mol. The van der Waals surface area contributed by atoms with Crippen LogP contribution in [0.15, 0.2) is 18.2 Å². The molecule has 114 valence electrons. The number of carbonyl (C=O) groups excluding carboxylic acids is 1. The topological polar surface area (TPSA) is 29.5 Å². The van der Waals surface area contributed by atoms with Crippen LogP contribution in [0.2, 0.25) is 0 Å². The summed E-state index contributed by atoms with van der Waals surface area (Å²) in [7, 11) is 3.69. The Kier molecular flexibility index (Phi) is 3.98. The van der Waals surface area contributed by atoms with Gasteiger partial charge in [-0.05, 0) is 50.9 Å². The molecule has 0 aliphatic carbocycles. The van der Waals surface area contributed by atoms with E-state index >= 15 is 0 Å². The van der Waals surface area contributed by atoms with Crippen molar-refractivity contribution in [1.29, 1.82) is 0 Å². The van der Waals surface area contributed by atoms with Gasteiger partial charge in [-0.15, -0.1) is 0 Å². The molecule has 2 unspecified atom stereocenters. The van der Waals surface area contributed by atoms with Crippen molar-refractivity contribution in [3.05, 3.63) is 29.6 Å². The molecule has 0 aromatic heterocycles. The summed E-state index contributed by atoms with van der Waals surface area (Å²) in [5, 5.41) is 0. The summed E-state index contributed by atoms with van der Waals surface area (Å²) >= 11 is 0. The minimum atomic E-state index is -0.382. The number of methoxy groups -OCH3 is 1. The van der Waals surface area contributed by atoms with Gasteiger partial charge in [-0.3, -0.25) is 4.79 Å². The number of hydrogen-bond donors (Lipinski definition) is 0. The summed E-state index contributed by atoms with van der Waals surface area (Å²) in [6, 6.07) is 5.17. The van der Waals surface area contributed by atoms with Crippen LogP contribution >= 0.6 is 0 Å². The molecular formula is C17H22FNO2. The maximum atomic E-state index is 13.5. The predicted octanol–water partition coefficient (Wildman–Crippen LogP) is 3.28. The third-order valence-electron chi connectivity index (χ3n) is 5.14. The molecule has 2 atom stereocenters. The lowest BCUT2D eigenvalue weighted by molar-refractivity contribution is 0.0337. The largest absolute Gasteiger partial charge is 0.496 e. The highest BCUT2D eigenvalue weighted by atomic mass is 19.1. The van der Waals surface area contributed by atoms with Gasteiger partial charge in [-0.2, -0.15) is 0 Å². The lowest BCUT2D eigenvalue weighted by Gasteiger charge is -2.46. The number of hydrogen-bond acceptors (Lipinski definition) is 3.